The molecule has 0 aliphatic rings. The van der Waals surface area contributed by atoms with Crippen molar-refractivity contribution in [3.63, 3.8) is 0 Å². The summed E-state index contributed by atoms with van der Waals surface area (Å²) >= 11 is 1.61. The Kier molecular flexibility index (Phi) is 6.51. The van der Waals surface area contributed by atoms with E-state index in [1.807, 2.05) is 17.5 Å². The third-order valence-electron chi connectivity index (χ3n) is 2.97. The molecule has 20 heavy (non-hydrogen) atoms. The number of urea groups is 1. The maximum Gasteiger partial charge on any atom is 0.315 e. The van der Waals surface area contributed by atoms with Gasteiger partial charge in [0.15, 0.2) is 0 Å². The predicted octanol–water partition coefficient (Wildman–Crippen LogP) is 3.00. The van der Waals surface area contributed by atoms with Gasteiger partial charge in [0.05, 0.1) is 6.04 Å². The highest BCUT2D eigenvalue weighted by Gasteiger charge is 2.20. The van der Waals surface area contributed by atoms with Gasteiger partial charge in [-0.15, -0.1) is 11.3 Å². The minimum atomic E-state index is -0.849. The summed E-state index contributed by atoms with van der Waals surface area (Å²) in [6.45, 7) is 5.91. The van der Waals surface area contributed by atoms with E-state index in [0.717, 1.165) is 4.88 Å². The van der Waals surface area contributed by atoms with Crippen molar-refractivity contribution in [1.29, 1.82) is 0 Å². The molecular formula is C14H22N2O3S. The van der Waals surface area contributed by atoms with Gasteiger partial charge >= 0.3 is 12.0 Å². The fourth-order valence-corrected chi connectivity index (χ4v) is 2.80. The van der Waals surface area contributed by atoms with Crippen molar-refractivity contribution in [3.8, 4) is 0 Å². The van der Waals surface area contributed by atoms with Gasteiger partial charge in [0.25, 0.3) is 0 Å². The van der Waals surface area contributed by atoms with Crippen LogP contribution in [0.5, 0.6) is 0 Å². The molecule has 0 aliphatic heterocycles. The van der Waals surface area contributed by atoms with E-state index in [1.54, 1.807) is 18.3 Å². The van der Waals surface area contributed by atoms with Crippen LogP contribution in [0.15, 0.2) is 17.5 Å². The summed E-state index contributed by atoms with van der Waals surface area (Å²) in [7, 11) is 0. The number of hydrogen-bond donors (Lipinski definition) is 3. The monoisotopic (exact) mass is 298 g/mol. The standard InChI is InChI=1S/C14H22N2O3S/c1-9(2)13(11-5-4-8-20-11)16-14(19)15-10(3)6-7-12(17)18/h4-5,8-10,13H,6-7H2,1-3H3,(H,17,18)(H2,15,16,19). The highest BCUT2D eigenvalue weighted by atomic mass is 32.1. The summed E-state index contributed by atoms with van der Waals surface area (Å²) in [4.78, 5) is 23.5. The van der Waals surface area contributed by atoms with Crippen LogP contribution in [-0.4, -0.2) is 23.1 Å². The molecule has 0 aliphatic carbocycles. The molecule has 2 unspecified atom stereocenters. The Hall–Kier alpha value is -1.56. The number of nitrogens with one attached hydrogen (secondary N) is 2. The summed E-state index contributed by atoms with van der Waals surface area (Å²) in [5.74, 6) is -0.563. The first-order chi connectivity index (χ1) is 9.40. The van der Waals surface area contributed by atoms with Gasteiger partial charge in [-0.1, -0.05) is 19.9 Å². The molecule has 0 spiro atoms. The van der Waals surface area contributed by atoms with E-state index in [4.69, 9.17) is 5.11 Å². The molecule has 3 N–H and O–H groups in total. The minimum Gasteiger partial charge on any atom is -0.481 e. The highest BCUT2D eigenvalue weighted by Crippen LogP contribution is 2.25. The summed E-state index contributed by atoms with van der Waals surface area (Å²) in [5, 5.41) is 16.3. The number of aliphatic carboxylic acids is 1. The minimum absolute atomic E-state index is 0.0262. The zero-order valence-electron chi connectivity index (χ0n) is 12.1. The SMILES string of the molecule is CC(CCC(=O)O)NC(=O)NC(c1cccs1)C(C)C. The lowest BCUT2D eigenvalue weighted by atomic mass is 10.0. The number of rotatable bonds is 7. The first-order valence-corrected chi connectivity index (χ1v) is 7.60. The second-order valence-electron chi connectivity index (χ2n) is 5.19. The highest BCUT2D eigenvalue weighted by molar-refractivity contribution is 7.10. The van der Waals surface area contributed by atoms with E-state index in [0.29, 0.717) is 6.42 Å². The molecule has 0 radical (unpaired) electrons. The molecule has 1 heterocycles. The van der Waals surface area contributed by atoms with Crippen LogP contribution < -0.4 is 10.6 Å². The molecule has 2 atom stereocenters. The van der Waals surface area contributed by atoms with Gasteiger partial charge in [-0.25, -0.2) is 4.79 Å². The second-order valence-corrected chi connectivity index (χ2v) is 6.17. The Morgan fingerprint density at radius 2 is 2.00 bits per heavy atom. The quantitative estimate of drug-likeness (QED) is 0.724. The van der Waals surface area contributed by atoms with E-state index in [9.17, 15) is 9.59 Å². The molecular weight excluding hydrogens is 276 g/mol. The van der Waals surface area contributed by atoms with Crippen molar-refractivity contribution in [3.05, 3.63) is 22.4 Å². The van der Waals surface area contributed by atoms with Crippen LogP contribution in [0.3, 0.4) is 0 Å². The summed E-state index contributed by atoms with van der Waals surface area (Å²) < 4.78 is 0. The Balaban J connectivity index is 2.49. The molecule has 0 bridgehead atoms. The Bertz CT molecular complexity index is 432. The summed E-state index contributed by atoms with van der Waals surface area (Å²) in [6, 6.07) is 3.52. The van der Waals surface area contributed by atoms with Crippen LogP contribution in [0, 0.1) is 5.92 Å². The van der Waals surface area contributed by atoms with Crippen molar-refractivity contribution >= 4 is 23.3 Å². The first kappa shape index (κ1) is 16.5. The van der Waals surface area contributed by atoms with Crippen molar-refractivity contribution in [2.75, 3.05) is 0 Å². The Labute approximate surface area is 123 Å². The smallest absolute Gasteiger partial charge is 0.315 e. The van der Waals surface area contributed by atoms with Crippen LogP contribution >= 0.6 is 11.3 Å². The van der Waals surface area contributed by atoms with Gasteiger partial charge in [-0.2, -0.15) is 0 Å². The van der Waals surface area contributed by atoms with Crippen LogP contribution in [0.2, 0.25) is 0 Å². The molecule has 0 fully saturated rings. The fraction of sp³-hybridized carbons (Fsp3) is 0.571. The molecule has 0 saturated heterocycles. The maximum atomic E-state index is 11.9. The molecule has 0 saturated carbocycles. The van der Waals surface area contributed by atoms with Gasteiger partial charge in [-0.05, 0) is 30.7 Å². The van der Waals surface area contributed by atoms with E-state index < -0.39 is 5.97 Å². The zero-order chi connectivity index (χ0) is 15.1. The number of carboxylic acids is 1. The summed E-state index contributed by atoms with van der Waals surface area (Å²) in [6.07, 6.45) is 0.480. The molecule has 0 aromatic carbocycles. The lowest BCUT2D eigenvalue weighted by Gasteiger charge is -2.23. The lowest BCUT2D eigenvalue weighted by molar-refractivity contribution is -0.137. The Morgan fingerprint density at radius 1 is 1.30 bits per heavy atom. The number of carbonyl (C=O) groups is 2. The average Bonchev–Trinajstić information content (AvgIpc) is 2.86. The predicted molar refractivity (Wildman–Crippen MR) is 79.9 cm³/mol. The molecule has 1 aromatic heterocycles. The van der Waals surface area contributed by atoms with E-state index in [2.05, 4.69) is 24.5 Å². The van der Waals surface area contributed by atoms with Crippen molar-refractivity contribution in [1.82, 2.24) is 10.6 Å². The zero-order valence-corrected chi connectivity index (χ0v) is 12.9. The average molecular weight is 298 g/mol. The third-order valence-corrected chi connectivity index (χ3v) is 3.93. The van der Waals surface area contributed by atoms with Crippen molar-refractivity contribution in [2.24, 2.45) is 5.92 Å². The number of carbonyl (C=O) groups excluding carboxylic acids is 1. The van der Waals surface area contributed by atoms with Crippen LogP contribution in [-0.2, 0) is 4.79 Å². The van der Waals surface area contributed by atoms with Crippen LogP contribution in [0.4, 0.5) is 4.79 Å². The molecule has 5 nitrogen and oxygen atoms in total. The fourth-order valence-electron chi connectivity index (χ4n) is 1.85. The number of carboxylic acid groups (broad SMARTS) is 1. The number of hydrogen-bond acceptors (Lipinski definition) is 3. The number of thiophene rings is 1. The van der Waals surface area contributed by atoms with Crippen molar-refractivity contribution < 1.29 is 14.7 Å². The van der Waals surface area contributed by atoms with Gasteiger partial charge in [0.2, 0.25) is 0 Å². The maximum absolute atomic E-state index is 11.9. The van der Waals surface area contributed by atoms with Gasteiger partial charge in [0, 0.05) is 17.3 Å². The van der Waals surface area contributed by atoms with Crippen LogP contribution in [0.1, 0.15) is 44.5 Å². The molecule has 1 rings (SSSR count). The van der Waals surface area contributed by atoms with Crippen molar-refractivity contribution in [2.45, 2.75) is 45.7 Å². The molecule has 1 aromatic rings. The van der Waals surface area contributed by atoms with Gasteiger partial charge in [0.1, 0.15) is 0 Å². The topological polar surface area (TPSA) is 78.4 Å². The first-order valence-electron chi connectivity index (χ1n) is 6.72. The molecule has 6 heteroatoms. The van der Waals surface area contributed by atoms with Gasteiger partial charge in [-0.3, -0.25) is 4.79 Å². The largest absolute Gasteiger partial charge is 0.481 e. The third kappa shape index (κ3) is 5.61. The Morgan fingerprint density at radius 3 is 2.50 bits per heavy atom. The molecule has 112 valence electrons. The van der Waals surface area contributed by atoms with E-state index in [-0.39, 0.29) is 30.5 Å². The van der Waals surface area contributed by atoms with Crippen LogP contribution in [0.25, 0.3) is 0 Å². The van der Waals surface area contributed by atoms with E-state index in [1.165, 1.54) is 0 Å². The molecule has 2 amide bonds. The summed E-state index contributed by atoms with van der Waals surface area (Å²) in [5.41, 5.74) is 0. The lowest BCUT2D eigenvalue weighted by Crippen LogP contribution is -2.43. The number of amides is 2. The van der Waals surface area contributed by atoms with Gasteiger partial charge < -0.3 is 15.7 Å². The normalized spacial score (nSPS) is 13.8. The van der Waals surface area contributed by atoms with E-state index >= 15 is 0 Å². The second kappa shape index (κ2) is 7.89.